The van der Waals surface area contributed by atoms with Crippen molar-refractivity contribution in [2.24, 2.45) is 0 Å². The van der Waals surface area contributed by atoms with E-state index in [4.69, 9.17) is 33.4 Å². The molecule has 0 aliphatic carbocycles. The molecular weight excluding hydrogens is 735 g/mol. The van der Waals surface area contributed by atoms with Crippen LogP contribution in [0.5, 0.6) is 0 Å². The Labute approximate surface area is 357 Å². The van der Waals surface area contributed by atoms with Crippen molar-refractivity contribution in [2.75, 3.05) is 0 Å². The van der Waals surface area contributed by atoms with Crippen molar-refractivity contribution >= 4 is 54.6 Å². The molecule has 0 saturated heterocycles. The molecule has 0 unspecified atom stereocenters. The standard InChI is InChI=1S/C55H33N3O2/c1-3-12-34(13-4-1)35-24-26-36(27-25-35)39-17-9-18-40(32-39)53-56-54(41-29-30-44-49(33-41)59-47-22-10-20-42(50(44)47)37-14-5-2-6-15-37)58-55(57-53)46-21-11-23-48-51(46)45-31-28-38-16-7-8-19-43(38)52(45)60-48/h1-33H/i7D,8D,11D,16D,19D,21D,23D,28D,31D. The predicted octanol–water partition coefficient (Wildman–Crippen LogP) is 14.8. The molecular formula is C55H33N3O2. The van der Waals surface area contributed by atoms with Gasteiger partial charge in [0.25, 0.3) is 0 Å². The first-order valence-corrected chi connectivity index (χ1v) is 19.4. The molecule has 3 aromatic heterocycles. The Morgan fingerprint density at radius 1 is 0.350 bits per heavy atom. The van der Waals surface area contributed by atoms with Gasteiger partial charge in [0.15, 0.2) is 17.5 Å². The predicted molar refractivity (Wildman–Crippen MR) is 245 cm³/mol. The van der Waals surface area contributed by atoms with Crippen molar-refractivity contribution in [3.63, 3.8) is 0 Å². The molecule has 0 atom stereocenters. The van der Waals surface area contributed by atoms with Crippen LogP contribution in [0.3, 0.4) is 0 Å². The quantitative estimate of drug-likeness (QED) is 0.168. The number of fused-ring (bicyclic) bond motifs is 8. The van der Waals surface area contributed by atoms with Gasteiger partial charge in [-0.1, -0.05) is 164 Å². The van der Waals surface area contributed by atoms with Crippen LogP contribution in [-0.4, -0.2) is 15.0 Å². The lowest BCUT2D eigenvalue weighted by Crippen LogP contribution is -2.00. The molecule has 9 aromatic carbocycles. The number of benzene rings is 9. The lowest BCUT2D eigenvalue weighted by atomic mass is 9.99. The third-order valence-corrected chi connectivity index (χ3v) is 10.9. The smallest absolute Gasteiger partial charge is 0.164 e. The van der Waals surface area contributed by atoms with Crippen molar-refractivity contribution in [2.45, 2.75) is 0 Å². The minimum Gasteiger partial charge on any atom is -0.456 e. The average Bonchev–Trinajstić information content (AvgIpc) is 3.97. The van der Waals surface area contributed by atoms with Gasteiger partial charge in [-0.2, -0.15) is 0 Å². The molecule has 280 valence electrons. The van der Waals surface area contributed by atoms with Gasteiger partial charge in [-0.25, -0.2) is 15.0 Å². The van der Waals surface area contributed by atoms with Gasteiger partial charge in [0.05, 0.1) is 12.3 Å². The third-order valence-electron chi connectivity index (χ3n) is 10.9. The normalized spacial score (nSPS) is 13.8. The molecule has 0 N–H and O–H groups in total. The Hall–Kier alpha value is -8.15. The Morgan fingerprint density at radius 2 is 0.983 bits per heavy atom. The van der Waals surface area contributed by atoms with E-state index in [0.717, 1.165) is 44.2 Å². The maximum Gasteiger partial charge on any atom is 0.164 e. The fourth-order valence-electron chi connectivity index (χ4n) is 8.03. The van der Waals surface area contributed by atoms with E-state index in [1.807, 2.05) is 103 Å². The summed E-state index contributed by atoms with van der Waals surface area (Å²) >= 11 is 0. The summed E-state index contributed by atoms with van der Waals surface area (Å²) < 4.78 is 92.9. The van der Waals surface area contributed by atoms with Gasteiger partial charge in [0.2, 0.25) is 0 Å². The van der Waals surface area contributed by atoms with Gasteiger partial charge in [0, 0.05) is 43.6 Å². The van der Waals surface area contributed by atoms with Crippen LogP contribution in [0.2, 0.25) is 0 Å². The highest BCUT2D eigenvalue weighted by atomic mass is 16.3. The molecule has 0 bridgehead atoms. The molecule has 0 aliphatic heterocycles. The van der Waals surface area contributed by atoms with Crippen LogP contribution in [0.15, 0.2) is 209 Å². The summed E-state index contributed by atoms with van der Waals surface area (Å²) in [6.45, 7) is 0. The Kier molecular flexibility index (Phi) is 5.95. The Balaban J connectivity index is 1.11. The highest BCUT2D eigenvalue weighted by Crippen LogP contribution is 2.41. The van der Waals surface area contributed by atoms with E-state index in [1.54, 1.807) is 0 Å². The van der Waals surface area contributed by atoms with Crippen LogP contribution < -0.4 is 0 Å². The van der Waals surface area contributed by atoms with E-state index in [1.165, 1.54) is 0 Å². The van der Waals surface area contributed by atoms with Crippen molar-refractivity contribution in [3.05, 3.63) is 200 Å². The summed E-state index contributed by atoms with van der Waals surface area (Å²) in [5, 5.41) is 1.35. The van der Waals surface area contributed by atoms with Crippen LogP contribution in [-0.2, 0) is 0 Å². The van der Waals surface area contributed by atoms with Crippen LogP contribution >= 0.6 is 0 Å². The molecule has 3 heterocycles. The summed E-state index contributed by atoms with van der Waals surface area (Å²) in [4.78, 5) is 15.0. The van der Waals surface area contributed by atoms with Crippen molar-refractivity contribution in [3.8, 4) is 67.5 Å². The van der Waals surface area contributed by atoms with Crippen LogP contribution in [0.4, 0.5) is 0 Å². The topological polar surface area (TPSA) is 65.0 Å². The summed E-state index contributed by atoms with van der Waals surface area (Å²) in [5.41, 5.74) is 7.95. The molecule has 0 fully saturated rings. The van der Waals surface area contributed by atoms with Gasteiger partial charge < -0.3 is 8.83 Å². The van der Waals surface area contributed by atoms with E-state index in [9.17, 15) is 2.74 Å². The molecule has 0 aliphatic rings. The molecule has 60 heavy (non-hydrogen) atoms. The number of hydrogen-bond acceptors (Lipinski definition) is 5. The minimum atomic E-state index is -0.574. The van der Waals surface area contributed by atoms with Crippen LogP contribution in [0.25, 0.3) is 122 Å². The third kappa shape index (κ3) is 5.67. The van der Waals surface area contributed by atoms with Crippen LogP contribution in [0.1, 0.15) is 12.3 Å². The fourth-order valence-corrected chi connectivity index (χ4v) is 8.03. The summed E-state index contributed by atoms with van der Waals surface area (Å²) in [7, 11) is 0. The van der Waals surface area contributed by atoms with Crippen LogP contribution in [0, 0.1) is 0 Å². The molecule has 0 saturated carbocycles. The molecule has 5 heteroatoms. The summed E-state index contributed by atoms with van der Waals surface area (Å²) in [6.07, 6.45) is 0. The zero-order chi connectivity index (χ0) is 47.4. The second-order valence-electron chi connectivity index (χ2n) is 14.4. The largest absolute Gasteiger partial charge is 0.456 e. The number of aromatic nitrogens is 3. The lowest BCUT2D eigenvalue weighted by molar-refractivity contribution is 0.669. The zero-order valence-corrected chi connectivity index (χ0v) is 31.5. The Morgan fingerprint density at radius 3 is 1.80 bits per heavy atom. The van der Waals surface area contributed by atoms with E-state index < -0.39 is 54.4 Å². The first-order chi connectivity index (χ1) is 33.5. The van der Waals surface area contributed by atoms with Crippen molar-refractivity contribution in [1.29, 1.82) is 0 Å². The summed E-state index contributed by atoms with van der Waals surface area (Å²) in [5.74, 6) is 0.310. The first kappa shape index (κ1) is 26.0. The fraction of sp³-hybridized carbons (Fsp3) is 0. The highest BCUT2D eigenvalue weighted by molar-refractivity contribution is 6.19. The SMILES string of the molecule is [2H]c1c([2H])c(-c2nc(-c3cccc(-c4ccc(-c5ccccc5)cc4)c3)nc(-c3ccc4c(c3)oc3cccc(-c5ccccc5)c34)n2)c2c(oc3c4c([2H])c([2H])c([2H])c([2H])c4c([2H])c([2H])c32)c1[2H]. The summed E-state index contributed by atoms with van der Waals surface area (Å²) in [6, 6.07) is 43.1. The molecule has 12 aromatic rings. The lowest BCUT2D eigenvalue weighted by Gasteiger charge is -2.11. The first-order valence-electron chi connectivity index (χ1n) is 23.9. The molecule has 0 radical (unpaired) electrons. The number of rotatable bonds is 6. The van der Waals surface area contributed by atoms with E-state index in [-0.39, 0.29) is 55.7 Å². The number of furan rings is 2. The maximum absolute atomic E-state index is 9.44. The van der Waals surface area contributed by atoms with Crippen molar-refractivity contribution in [1.82, 2.24) is 15.0 Å². The second-order valence-corrected chi connectivity index (χ2v) is 14.4. The van der Waals surface area contributed by atoms with Crippen molar-refractivity contribution < 1.29 is 21.2 Å². The van der Waals surface area contributed by atoms with Gasteiger partial charge in [-0.3, -0.25) is 0 Å². The molecule has 12 rings (SSSR count). The van der Waals surface area contributed by atoms with E-state index in [2.05, 4.69) is 42.5 Å². The van der Waals surface area contributed by atoms with E-state index >= 15 is 0 Å². The number of nitrogens with zero attached hydrogens (tertiary/aromatic N) is 3. The highest BCUT2D eigenvalue weighted by Gasteiger charge is 2.20. The molecule has 5 nitrogen and oxygen atoms in total. The zero-order valence-electron chi connectivity index (χ0n) is 40.5. The Bertz CT molecular complexity index is 4120. The molecule has 0 amide bonds. The minimum absolute atomic E-state index is 0.0136. The van der Waals surface area contributed by atoms with Gasteiger partial charge >= 0.3 is 0 Å². The van der Waals surface area contributed by atoms with E-state index in [0.29, 0.717) is 22.3 Å². The number of hydrogen-bond donors (Lipinski definition) is 0. The monoisotopic (exact) mass is 776 g/mol. The molecule has 0 spiro atoms. The maximum atomic E-state index is 9.44. The van der Waals surface area contributed by atoms with Gasteiger partial charge in [-0.05, 0) is 75.1 Å². The van der Waals surface area contributed by atoms with Gasteiger partial charge in [-0.15, -0.1) is 0 Å². The average molecular weight is 777 g/mol. The second kappa shape index (κ2) is 13.8. The van der Waals surface area contributed by atoms with Gasteiger partial charge in [0.1, 0.15) is 22.3 Å².